The molecule has 5 rings (SSSR count). The molecule has 3 aliphatic heterocycles. The molecule has 2 aliphatic carbocycles. The number of ether oxygens (including phenoxy) is 6. The third kappa shape index (κ3) is 12.8. The molecule has 21 atom stereocenters. The Kier molecular flexibility index (Phi) is 18.8. The second kappa shape index (κ2) is 22.4. The number of nitrogens with zero attached hydrogens (tertiary/aromatic N) is 2. The number of allylic oxidation sites excluding steroid dienone is 1. The number of thiocarbonyl (C=S) groups is 1. The highest BCUT2D eigenvalue weighted by Crippen LogP contribution is 2.41. The van der Waals surface area contributed by atoms with Gasteiger partial charge in [0.25, 0.3) is 0 Å². The highest BCUT2D eigenvalue weighted by atomic mass is 32.1. The lowest BCUT2D eigenvalue weighted by molar-refractivity contribution is -0.318. The van der Waals surface area contributed by atoms with Crippen LogP contribution in [0, 0.1) is 29.6 Å². The van der Waals surface area contributed by atoms with Crippen LogP contribution in [-0.4, -0.2) is 184 Å². The molecule has 3 saturated heterocycles. The number of rotatable bonds is 12. The first kappa shape index (κ1) is 54.4. The molecule has 16 nitrogen and oxygen atoms in total. The van der Waals surface area contributed by atoms with Gasteiger partial charge in [0.15, 0.2) is 17.7 Å². The first-order valence-electron chi connectivity index (χ1n) is 24.3. The third-order valence-electron chi connectivity index (χ3n) is 15.5. The Morgan fingerprint density at radius 2 is 1.66 bits per heavy atom. The van der Waals surface area contributed by atoms with Crippen molar-refractivity contribution in [1.29, 1.82) is 0 Å². The van der Waals surface area contributed by atoms with Crippen molar-refractivity contribution in [1.82, 2.24) is 20.4 Å². The molecule has 7 N–H and O–H groups in total. The monoisotopic (exact) mass is 943 g/mol. The molecule has 3 unspecified atom stereocenters. The zero-order valence-corrected chi connectivity index (χ0v) is 42.3. The molecule has 0 amide bonds. The Hall–Kier alpha value is -1.58. The summed E-state index contributed by atoms with van der Waals surface area (Å²) in [6, 6.07) is -0.567. The van der Waals surface area contributed by atoms with Crippen LogP contribution in [0.1, 0.15) is 114 Å². The number of fused-ring (bicyclic) bond motifs is 2. The second-order valence-corrected chi connectivity index (χ2v) is 21.8. The molecule has 3 heterocycles. The Bertz CT molecular complexity index is 1590. The average Bonchev–Trinajstić information content (AvgIpc) is 3.87. The Labute approximate surface area is 394 Å². The fourth-order valence-electron chi connectivity index (χ4n) is 11.5. The summed E-state index contributed by atoms with van der Waals surface area (Å²) < 4.78 is 38.2. The fraction of sp³-hybridized carbons (Fsp3) is 0.917. The molecule has 376 valence electrons. The van der Waals surface area contributed by atoms with Gasteiger partial charge in [-0.1, -0.05) is 32.9 Å². The van der Waals surface area contributed by atoms with Crippen molar-refractivity contribution in [3.8, 4) is 0 Å². The van der Waals surface area contributed by atoms with Gasteiger partial charge in [-0.15, -0.1) is 0 Å². The van der Waals surface area contributed by atoms with Crippen molar-refractivity contribution < 1.29 is 58.7 Å². The van der Waals surface area contributed by atoms with Gasteiger partial charge in [0.2, 0.25) is 0 Å². The zero-order valence-electron chi connectivity index (χ0n) is 41.5. The van der Waals surface area contributed by atoms with Gasteiger partial charge < -0.3 is 69.5 Å². The average molecular weight is 943 g/mol. The summed E-state index contributed by atoms with van der Waals surface area (Å²) in [5.41, 5.74) is -4.52. The van der Waals surface area contributed by atoms with E-state index in [0.717, 1.165) is 6.42 Å². The van der Waals surface area contributed by atoms with Crippen LogP contribution in [0.2, 0.25) is 0 Å². The third-order valence-corrected chi connectivity index (χ3v) is 15.8. The molecule has 0 aromatic rings. The van der Waals surface area contributed by atoms with Crippen LogP contribution in [0.25, 0.3) is 0 Å². The number of aliphatic hydroxyl groups excluding tert-OH is 3. The van der Waals surface area contributed by atoms with Gasteiger partial charge in [0.05, 0.1) is 41.5 Å². The predicted molar refractivity (Wildman–Crippen MR) is 251 cm³/mol. The van der Waals surface area contributed by atoms with E-state index in [4.69, 9.17) is 40.6 Å². The lowest BCUT2D eigenvalue weighted by atomic mass is 9.77. The van der Waals surface area contributed by atoms with Gasteiger partial charge >= 0.3 is 5.97 Å². The number of hydrogen-bond acceptors (Lipinski definition) is 15. The fourth-order valence-corrected chi connectivity index (χ4v) is 11.8. The maximum atomic E-state index is 14.5. The van der Waals surface area contributed by atoms with E-state index in [2.05, 4.69) is 27.7 Å². The maximum absolute atomic E-state index is 14.5. The SMILES string of the molecule is CC[C@H]1OC(=O)[C@H](C)[C@@H](O[C@H]2C[C@@](C)(OC)[C@@H](O)[C@H](C)O2)[C@H](C)[C@@H](O[C@@H]2O[C@H](C)C[C@H](N(C)C)[C@H]2O)[C@](C)(O)C[C@@H](C)CN(CCCNC(=S)NC2CC3C=CC2C3)[C@H](C)[C@@H](O)[C@]1(C)O. The van der Waals surface area contributed by atoms with E-state index in [1.54, 1.807) is 34.6 Å². The molecule has 0 aromatic heterocycles. The van der Waals surface area contributed by atoms with Crippen LogP contribution in [0.4, 0.5) is 0 Å². The van der Waals surface area contributed by atoms with Gasteiger partial charge in [-0.25, -0.2) is 0 Å². The number of carbonyl (C=O) groups is 1. The highest BCUT2D eigenvalue weighted by Gasteiger charge is 2.53. The first-order valence-corrected chi connectivity index (χ1v) is 24.7. The van der Waals surface area contributed by atoms with E-state index in [9.17, 15) is 30.3 Å². The highest BCUT2D eigenvalue weighted by molar-refractivity contribution is 7.80. The summed E-state index contributed by atoms with van der Waals surface area (Å²) in [4.78, 5) is 18.6. The number of cyclic esters (lactones) is 1. The molecule has 0 spiro atoms. The van der Waals surface area contributed by atoms with E-state index in [0.29, 0.717) is 55.5 Å². The van der Waals surface area contributed by atoms with Crippen molar-refractivity contribution in [3.05, 3.63) is 12.2 Å². The van der Waals surface area contributed by atoms with Gasteiger partial charge in [0, 0.05) is 57.2 Å². The second-order valence-electron chi connectivity index (χ2n) is 21.4. The van der Waals surface area contributed by atoms with Gasteiger partial charge in [-0.2, -0.15) is 0 Å². The molecule has 1 saturated carbocycles. The molecule has 4 fully saturated rings. The molecule has 0 aromatic carbocycles. The smallest absolute Gasteiger partial charge is 0.311 e. The summed E-state index contributed by atoms with van der Waals surface area (Å²) in [5, 5.41) is 67.5. The minimum Gasteiger partial charge on any atom is -0.459 e. The predicted octanol–water partition coefficient (Wildman–Crippen LogP) is 3.09. The zero-order chi connectivity index (χ0) is 48.3. The molecule has 17 heteroatoms. The Balaban J connectivity index is 1.48. The van der Waals surface area contributed by atoms with E-state index in [-0.39, 0.29) is 37.3 Å². The normalized spacial score (nSPS) is 47.0. The summed E-state index contributed by atoms with van der Waals surface area (Å²) in [6.07, 6.45) is -1.10. The van der Waals surface area contributed by atoms with Crippen LogP contribution in [0.3, 0.4) is 0 Å². The molecule has 5 aliphatic rings. The van der Waals surface area contributed by atoms with Gasteiger partial charge in [-0.05, 0) is 131 Å². The lowest BCUT2D eigenvalue weighted by Gasteiger charge is -2.48. The van der Waals surface area contributed by atoms with Crippen LogP contribution in [0.5, 0.6) is 0 Å². The Morgan fingerprint density at radius 3 is 2.26 bits per heavy atom. The van der Waals surface area contributed by atoms with E-state index in [1.165, 1.54) is 20.5 Å². The number of hydrogen-bond donors (Lipinski definition) is 7. The van der Waals surface area contributed by atoms with E-state index >= 15 is 0 Å². The number of esters is 1. The van der Waals surface area contributed by atoms with Crippen molar-refractivity contribution in [2.24, 2.45) is 29.6 Å². The molecular weight excluding hydrogens is 857 g/mol. The summed E-state index contributed by atoms with van der Waals surface area (Å²) >= 11 is 5.69. The topological polar surface area (TPSA) is 204 Å². The van der Waals surface area contributed by atoms with Crippen molar-refractivity contribution in [3.63, 3.8) is 0 Å². The summed E-state index contributed by atoms with van der Waals surface area (Å²) in [5.74, 6) is -1.60. The van der Waals surface area contributed by atoms with Crippen molar-refractivity contribution >= 4 is 23.3 Å². The Morgan fingerprint density at radius 1 is 0.969 bits per heavy atom. The minimum atomic E-state index is -1.87. The number of aliphatic hydroxyl groups is 5. The number of nitrogens with one attached hydrogen (secondary N) is 2. The standard InChI is InChI=1S/C48H86N4O12S/c1-14-36-48(10,58)40(54)30(6)52(19-15-18-49-45(65)50-34-22-32-16-17-33(34)21-32)25-26(2)23-46(8,57)42(64-44-38(53)35(51(11)12)20-27(3)60-44)28(4)39(29(5)43(56)62-36)63-37-24-47(9,59-13)41(55)31(7)61-37/h16-17,26-42,44,53-55,57-58H,14-15,18-25H2,1-13H3,(H2,49,50,65)/t26-,27-,28+,29-,30-,31+,32?,33?,34?,35+,36-,37+,38-,39+,40-,41+,42-,44+,46-,47-,48-/m1/s1. The van der Waals surface area contributed by atoms with Gasteiger partial charge in [-0.3, -0.25) is 9.69 Å². The molecule has 2 bridgehead atoms. The van der Waals surface area contributed by atoms with Crippen LogP contribution in [-0.2, 0) is 33.2 Å². The molecule has 0 radical (unpaired) electrons. The summed E-state index contributed by atoms with van der Waals surface area (Å²) in [6.45, 7) is 19.3. The van der Waals surface area contributed by atoms with Crippen molar-refractivity contribution in [2.45, 2.75) is 211 Å². The largest absolute Gasteiger partial charge is 0.459 e. The summed E-state index contributed by atoms with van der Waals surface area (Å²) in [7, 11) is 5.30. The first-order chi connectivity index (χ1) is 30.3. The van der Waals surface area contributed by atoms with E-state index < -0.39 is 96.0 Å². The minimum absolute atomic E-state index is 0.120. The van der Waals surface area contributed by atoms with Crippen molar-refractivity contribution in [2.75, 3.05) is 40.8 Å². The van der Waals surface area contributed by atoms with Crippen LogP contribution >= 0.6 is 12.2 Å². The molecule has 65 heavy (non-hydrogen) atoms. The quantitative estimate of drug-likeness (QED) is 0.0651. The van der Waals surface area contributed by atoms with E-state index in [1.807, 2.05) is 46.7 Å². The number of likely N-dealkylation sites (N-methyl/N-ethyl adjacent to an activating group) is 1. The molecular formula is C48H86N4O12S. The number of carbonyl (C=O) groups excluding carboxylic acids is 1. The van der Waals surface area contributed by atoms with Crippen LogP contribution in [0.15, 0.2) is 12.2 Å². The number of methoxy groups -OCH3 is 1. The maximum Gasteiger partial charge on any atom is 0.311 e. The van der Waals surface area contributed by atoms with Crippen LogP contribution < -0.4 is 10.6 Å². The lowest BCUT2D eigenvalue weighted by Crippen LogP contribution is -2.60. The van der Waals surface area contributed by atoms with Gasteiger partial charge in [0.1, 0.15) is 30.0 Å².